The van der Waals surface area contributed by atoms with Gasteiger partial charge in [-0.2, -0.15) is 10.4 Å². The molecule has 2 rings (SSSR count). The highest BCUT2D eigenvalue weighted by atomic mass is 15.2. The van der Waals surface area contributed by atoms with Crippen molar-refractivity contribution in [1.29, 1.82) is 5.26 Å². The first-order valence-electron chi connectivity index (χ1n) is 6.40. The summed E-state index contributed by atoms with van der Waals surface area (Å²) >= 11 is 0. The molecule has 1 unspecified atom stereocenters. The van der Waals surface area contributed by atoms with Gasteiger partial charge in [0.2, 0.25) is 0 Å². The Morgan fingerprint density at radius 3 is 3.00 bits per heavy atom. The van der Waals surface area contributed by atoms with Crippen LogP contribution in [0.3, 0.4) is 0 Å². The van der Waals surface area contributed by atoms with Crippen LogP contribution in [0.5, 0.6) is 0 Å². The number of rotatable bonds is 5. The SMILES string of the molecule is CC(NCCc1cnn(C)c1)c1cccc(C#N)c1. The molecule has 0 saturated carbocycles. The van der Waals surface area contributed by atoms with Crippen LogP contribution < -0.4 is 5.32 Å². The topological polar surface area (TPSA) is 53.6 Å². The first-order chi connectivity index (χ1) is 9.19. The first-order valence-corrected chi connectivity index (χ1v) is 6.40. The Hall–Kier alpha value is -2.12. The molecule has 4 heteroatoms. The predicted octanol–water partition coefficient (Wildman–Crippen LogP) is 2.19. The average Bonchev–Trinajstić information content (AvgIpc) is 2.84. The van der Waals surface area contributed by atoms with E-state index in [1.165, 1.54) is 5.56 Å². The van der Waals surface area contributed by atoms with Gasteiger partial charge < -0.3 is 5.32 Å². The maximum absolute atomic E-state index is 8.89. The molecule has 19 heavy (non-hydrogen) atoms. The highest BCUT2D eigenvalue weighted by Gasteiger charge is 2.05. The lowest BCUT2D eigenvalue weighted by molar-refractivity contribution is 0.576. The van der Waals surface area contributed by atoms with Crippen molar-refractivity contribution in [2.45, 2.75) is 19.4 Å². The van der Waals surface area contributed by atoms with Crippen LogP contribution in [-0.4, -0.2) is 16.3 Å². The van der Waals surface area contributed by atoms with Crippen LogP contribution in [0.2, 0.25) is 0 Å². The standard InChI is InChI=1S/C15H18N4/c1-12(15-5-3-4-13(8-15)9-16)17-7-6-14-10-18-19(2)11-14/h3-5,8,10-12,17H,6-7H2,1-2H3. The van der Waals surface area contributed by atoms with Gasteiger partial charge in [0, 0.05) is 19.3 Å². The van der Waals surface area contributed by atoms with Crippen LogP contribution in [0, 0.1) is 11.3 Å². The summed E-state index contributed by atoms with van der Waals surface area (Å²) in [4.78, 5) is 0. The zero-order valence-electron chi connectivity index (χ0n) is 11.3. The number of benzene rings is 1. The van der Waals surface area contributed by atoms with Gasteiger partial charge >= 0.3 is 0 Å². The Morgan fingerprint density at radius 1 is 1.47 bits per heavy atom. The number of hydrogen-bond acceptors (Lipinski definition) is 3. The molecule has 0 bridgehead atoms. The van der Waals surface area contributed by atoms with Crippen molar-refractivity contribution in [3.63, 3.8) is 0 Å². The van der Waals surface area contributed by atoms with Crippen LogP contribution in [-0.2, 0) is 13.5 Å². The van der Waals surface area contributed by atoms with Gasteiger partial charge in [-0.25, -0.2) is 0 Å². The fourth-order valence-corrected chi connectivity index (χ4v) is 2.03. The van der Waals surface area contributed by atoms with E-state index in [1.54, 1.807) is 0 Å². The summed E-state index contributed by atoms with van der Waals surface area (Å²) in [5.41, 5.74) is 3.08. The first kappa shape index (κ1) is 13.3. The average molecular weight is 254 g/mol. The number of aryl methyl sites for hydroxylation is 1. The highest BCUT2D eigenvalue weighted by Crippen LogP contribution is 2.13. The summed E-state index contributed by atoms with van der Waals surface area (Å²) in [6.45, 7) is 3.00. The van der Waals surface area contributed by atoms with Crippen LogP contribution >= 0.6 is 0 Å². The zero-order chi connectivity index (χ0) is 13.7. The minimum absolute atomic E-state index is 0.241. The number of nitrogens with one attached hydrogen (secondary N) is 1. The smallest absolute Gasteiger partial charge is 0.0991 e. The molecule has 0 saturated heterocycles. The predicted molar refractivity (Wildman–Crippen MR) is 74.5 cm³/mol. The summed E-state index contributed by atoms with van der Waals surface area (Å²) in [6, 6.07) is 10.1. The van der Waals surface area contributed by atoms with Gasteiger partial charge in [-0.1, -0.05) is 12.1 Å². The Kier molecular flexibility index (Phi) is 4.32. The maximum atomic E-state index is 8.89. The Labute approximate surface area is 113 Å². The number of nitriles is 1. The largest absolute Gasteiger partial charge is 0.310 e. The molecule has 0 aliphatic carbocycles. The lowest BCUT2D eigenvalue weighted by Crippen LogP contribution is -2.21. The molecule has 1 aromatic carbocycles. The van der Waals surface area contributed by atoms with Crippen LogP contribution in [0.4, 0.5) is 0 Å². The van der Waals surface area contributed by atoms with E-state index >= 15 is 0 Å². The normalized spacial score (nSPS) is 12.1. The Balaban J connectivity index is 1.87. The molecule has 0 radical (unpaired) electrons. The zero-order valence-corrected chi connectivity index (χ0v) is 11.3. The minimum Gasteiger partial charge on any atom is -0.310 e. The Bertz CT molecular complexity index is 580. The summed E-state index contributed by atoms with van der Waals surface area (Å²) in [7, 11) is 1.92. The van der Waals surface area contributed by atoms with Crippen molar-refractivity contribution in [3.05, 3.63) is 53.3 Å². The van der Waals surface area contributed by atoms with Gasteiger partial charge in [0.05, 0.1) is 17.8 Å². The van der Waals surface area contributed by atoms with E-state index in [1.807, 2.05) is 48.4 Å². The maximum Gasteiger partial charge on any atom is 0.0991 e. The number of aromatic nitrogens is 2. The van der Waals surface area contributed by atoms with E-state index in [9.17, 15) is 0 Å². The second-order valence-corrected chi connectivity index (χ2v) is 4.69. The fraction of sp³-hybridized carbons (Fsp3) is 0.333. The lowest BCUT2D eigenvalue weighted by Gasteiger charge is -2.14. The third-order valence-corrected chi connectivity index (χ3v) is 3.14. The second-order valence-electron chi connectivity index (χ2n) is 4.69. The van der Waals surface area contributed by atoms with Crippen molar-refractivity contribution >= 4 is 0 Å². The van der Waals surface area contributed by atoms with Crippen molar-refractivity contribution in [2.24, 2.45) is 7.05 Å². The molecule has 0 amide bonds. The summed E-state index contributed by atoms with van der Waals surface area (Å²) in [5.74, 6) is 0. The van der Waals surface area contributed by atoms with Crippen LogP contribution in [0.25, 0.3) is 0 Å². The molecule has 4 nitrogen and oxygen atoms in total. The molecule has 1 N–H and O–H groups in total. The molecular formula is C15H18N4. The van der Waals surface area contributed by atoms with Gasteiger partial charge in [0.1, 0.15) is 0 Å². The molecule has 0 spiro atoms. The molecule has 0 fully saturated rings. The van der Waals surface area contributed by atoms with E-state index in [-0.39, 0.29) is 6.04 Å². The third-order valence-electron chi connectivity index (χ3n) is 3.14. The molecule has 1 aromatic heterocycles. The highest BCUT2D eigenvalue weighted by molar-refractivity contribution is 5.34. The van der Waals surface area contributed by atoms with Crippen molar-refractivity contribution in [1.82, 2.24) is 15.1 Å². The molecular weight excluding hydrogens is 236 g/mol. The van der Waals surface area contributed by atoms with E-state index in [0.29, 0.717) is 5.56 Å². The number of hydrogen-bond donors (Lipinski definition) is 1. The van der Waals surface area contributed by atoms with Crippen LogP contribution in [0.1, 0.15) is 29.7 Å². The molecule has 1 heterocycles. The molecule has 98 valence electrons. The van der Waals surface area contributed by atoms with E-state index in [4.69, 9.17) is 5.26 Å². The molecule has 0 aliphatic heterocycles. The van der Waals surface area contributed by atoms with E-state index < -0.39 is 0 Å². The molecule has 0 aliphatic rings. The molecule has 2 aromatic rings. The van der Waals surface area contributed by atoms with Crippen molar-refractivity contribution in [3.8, 4) is 6.07 Å². The van der Waals surface area contributed by atoms with E-state index in [0.717, 1.165) is 18.5 Å². The second kappa shape index (κ2) is 6.17. The Morgan fingerprint density at radius 2 is 2.32 bits per heavy atom. The summed E-state index contributed by atoms with van der Waals surface area (Å²) < 4.78 is 1.81. The summed E-state index contributed by atoms with van der Waals surface area (Å²) in [5, 5.41) is 16.5. The fourth-order valence-electron chi connectivity index (χ4n) is 2.03. The van der Waals surface area contributed by atoms with Gasteiger partial charge in [-0.3, -0.25) is 4.68 Å². The van der Waals surface area contributed by atoms with Gasteiger partial charge in [0.25, 0.3) is 0 Å². The van der Waals surface area contributed by atoms with Gasteiger partial charge in [-0.15, -0.1) is 0 Å². The van der Waals surface area contributed by atoms with Crippen LogP contribution in [0.15, 0.2) is 36.7 Å². The van der Waals surface area contributed by atoms with Crippen molar-refractivity contribution < 1.29 is 0 Å². The molecule has 1 atom stereocenters. The minimum atomic E-state index is 0.241. The quantitative estimate of drug-likeness (QED) is 0.889. The third kappa shape index (κ3) is 3.67. The monoisotopic (exact) mass is 254 g/mol. The van der Waals surface area contributed by atoms with Crippen molar-refractivity contribution in [2.75, 3.05) is 6.54 Å². The van der Waals surface area contributed by atoms with Gasteiger partial charge in [0.15, 0.2) is 0 Å². The number of nitrogens with zero attached hydrogens (tertiary/aromatic N) is 3. The lowest BCUT2D eigenvalue weighted by atomic mass is 10.1. The van der Waals surface area contributed by atoms with Gasteiger partial charge in [-0.05, 0) is 43.1 Å². The summed E-state index contributed by atoms with van der Waals surface area (Å²) in [6.07, 6.45) is 4.88. The van der Waals surface area contributed by atoms with E-state index in [2.05, 4.69) is 23.4 Å².